The lowest BCUT2D eigenvalue weighted by Crippen LogP contribution is -2.49. The molecule has 0 unspecified atom stereocenters. The minimum Gasteiger partial charge on any atom is -0.492 e. The molecule has 0 aromatic heterocycles. The highest BCUT2D eigenvalue weighted by atomic mass is 32.2. The molecule has 1 heterocycles. The van der Waals surface area contributed by atoms with E-state index in [1.165, 1.54) is 15.7 Å². The van der Waals surface area contributed by atoms with E-state index in [1.54, 1.807) is 6.92 Å². The van der Waals surface area contributed by atoms with E-state index in [1.807, 2.05) is 31.2 Å². The van der Waals surface area contributed by atoms with Gasteiger partial charge in [0.2, 0.25) is 0 Å². The van der Waals surface area contributed by atoms with Crippen molar-refractivity contribution in [2.75, 3.05) is 39.9 Å². The molecule has 1 fully saturated rings. The van der Waals surface area contributed by atoms with E-state index in [4.69, 9.17) is 9.47 Å². The average molecular weight is 384 g/mol. The molecule has 2 rings (SSSR count). The minimum absolute atomic E-state index is 0.171. The number of benzene rings is 1. The van der Waals surface area contributed by atoms with Gasteiger partial charge in [0, 0.05) is 26.7 Å². The zero-order valence-electron chi connectivity index (χ0n) is 15.7. The maximum Gasteiger partial charge on any atom is 0.310 e. The topological polar surface area (TPSA) is 76.2 Å². The van der Waals surface area contributed by atoms with Crippen LogP contribution in [0.4, 0.5) is 0 Å². The second kappa shape index (κ2) is 9.34. The van der Waals surface area contributed by atoms with Gasteiger partial charge >= 0.3 is 5.97 Å². The summed E-state index contributed by atoms with van der Waals surface area (Å²) in [4.78, 5) is 11.9. The maximum absolute atomic E-state index is 12.7. The normalized spacial score (nSPS) is 18.7. The van der Waals surface area contributed by atoms with Crippen LogP contribution in [-0.4, -0.2) is 62.9 Å². The van der Waals surface area contributed by atoms with Crippen molar-refractivity contribution in [3.8, 4) is 5.75 Å². The third-order valence-corrected chi connectivity index (χ3v) is 6.37. The molecule has 0 radical (unpaired) electrons. The Morgan fingerprint density at radius 2 is 2.00 bits per heavy atom. The molecule has 1 aromatic carbocycles. The predicted molar refractivity (Wildman–Crippen MR) is 99.2 cm³/mol. The van der Waals surface area contributed by atoms with Crippen LogP contribution in [0.3, 0.4) is 0 Å². The Morgan fingerprint density at radius 1 is 1.31 bits per heavy atom. The van der Waals surface area contributed by atoms with Crippen molar-refractivity contribution in [1.82, 2.24) is 8.61 Å². The first-order valence-electron chi connectivity index (χ1n) is 8.92. The molecule has 0 N–H and O–H groups in total. The van der Waals surface area contributed by atoms with E-state index in [-0.39, 0.29) is 25.7 Å². The SMILES string of the molecule is CCOC(=O)[C@H]1CCCN(S(=O)(=O)N(C)CCOc2ccc(C)cc2)C1. The monoisotopic (exact) mass is 384 g/mol. The number of ether oxygens (including phenoxy) is 2. The van der Waals surface area contributed by atoms with Crippen molar-refractivity contribution >= 4 is 16.2 Å². The number of esters is 1. The summed E-state index contributed by atoms with van der Waals surface area (Å²) in [6, 6.07) is 7.61. The Kier molecular flexibility index (Phi) is 7.43. The molecule has 0 amide bonds. The molecule has 1 aliphatic rings. The number of carbonyl (C=O) groups excluding carboxylic acids is 1. The van der Waals surface area contributed by atoms with Crippen molar-refractivity contribution in [3.05, 3.63) is 29.8 Å². The third-order valence-electron chi connectivity index (χ3n) is 4.42. The van der Waals surface area contributed by atoms with Gasteiger partial charge in [-0.15, -0.1) is 0 Å². The fourth-order valence-corrected chi connectivity index (χ4v) is 4.27. The van der Waals surface area contributed by atoms with Gasteiger partial charge in [0.05, 0.1) is 12.5 Å². The van der Waals surface area contributed by atoms with Crippen LogP contribution in [0.1, 0.15) is 25.3 Å². The van der Waals surface area contributed by atoms with Crippen molar-refractivity contribution in [3.63, 3.8) is 0 Å². The van der Waals surface area contributed by atoms with Crippen LogP contribution < -0.4 is 4.74 Å². The number of rotatable bonds is 8. The van der Waals surface area contributed by atoms with Crippen LogP contribution >= 0.6 is 0 Å². The molecular weight excluding hydrogens is 356 g/mol. The summed E-state index contributed by atoms with van der Waals surface area (Å²) in [7, 11) is -2.10. The molecule has 146 valence electrons. The number of likely N-dealkylation sites (N-methyl/N-ethyl adjacent to an activating group) is 1. The first kappa shape index (κ1) is 20.7. The molecule has 7 nitrogen and oxygen atoms in total. The second-order valence-corrected chi connectivity index (χ2v) is 8.48. The Morgan fingerprint density at radius 3 is 2.65 bits per heavy atom. The van der Waals surface area contributed by atoms with Crippen LogP contribution in [0.5, 0.6) is 5.75 Å². The summed E-state index contributed by atoms with van der Waals surface area (Å²) < 4.78 is 38.8. The Hall–Kier alpha value is -1.64. The lowest BCUT2D eigenvalue weighted by molar-refractivity contribution is -0.149. The van der Waals surface area contributed by atoms with Crippen molar-refractivity contribution in [2.45, 2.75) is 26.7 Å². The molecule has 1 aliphatic heterocycles. The van der Waals surface area contributed by atoms with Gasteiger partial charge in [-0.25, -0.2) is 0 Å². The van der Waals surface area contributed by atoms with Gasteiger partial charge in [-0.05, 0) is 38.8 Å². The summed E-state index contributed by atoms with van der Waals surface area (Å²) >= 11 is 0. The molecule has 1 saturated heterocycles. The Balaban J connectivity index is 1.88. The van der Waals surface area contributed by atoms with Crippen LogP contribution in [0, 0.1) is 12.8 Å². The van der Waals surface area contributed by atoms with Crippen LogP contribution in [-0.2, 0) is 19.7 Å². The van der Waals surface area contributed by atoms with E-state index in [2.05, 4.69) is 0 Å². The number of carbonyl (C=O) groups is 1. The first-order valence-corrected chi connectivity index (χ1v) is 10.3. The quantitative estimate of drug-likeness (QED) is 0.639. The number of hydrogen-bond donors (Lipinski definition) is 0. The fraction of sp³-hybridized carbons (Fsp3) is 0.611. The lowest BCUT2D eigenvalue weighted by atomic mass is 10.0. The van der Waals surface area contributed by atoms with E-state index >= 15 is 0 Å². The molecule has 0 aliphatic carbocycles. The molecule has 0 spiro atoms. The smallest absolute Gasteiger partial charge is 0.310 e. The largest absolute Gasteiger partial charge is 0.492 e. The molecule has 1 atom stereocenters. The Labute approximate surface area is 156 Å². The summed E-state index contributed by atoms with van der Waals surface area (Å²) in [6.45, 7) is 5.12. The predicted octanol–water partition coefficient (Wildman–Crippen LogP) is 1.83. The molecule has 8 heteroatoms. The minimum atomic E-state index is -3.63. The van der Waals surface area contributed by atoms with Crippen molar-refractivity contribution in [1.29, 1.82) is 0 Å². The molecular formula is C18H28N2O5S. The van der Waals surface area contributed by atoms with Crippen molar-refractivity contribution < 1.29 is 22.7 Å². The molecule has 26 heavy (non-hydrogen) atoms. The number of hydrogen-bond acceptors (Lipinski definition) is 5. The zero-order chi connectivity index (χ0) is 19.2. The summed E-state index contributed by atoms with van der Waals surface area (Å²) in [5.41, 5.74) is 1.14. The van der Waals surface area contributed by atoms with Gasteiger partial charge < -0.3 is 9.47 Å². The van der Waals surface area contributed by atoms with E-state index in [0.29, 0.717) is 31.7 Å². The van der Waals surface area contributed by atoms with Crippen LogP contribution in [0.15, 0.2) is 24.3 Å². The standard InChI is InChI=1S/C18H28N2O5S/c1-4-24-18(21)16-6-5-11-20(14-16)26(22,23)19(3)12-13-25-17-9-7-15(2)8-10-17/h7-10,16H,4-6,11-14H2,1-3H3/t16-/m0/s1. The van der Waals surface area contributed by atoms with Gasteiger partial charge in [0.25, 0.3) is 10.2 Å². The highest BCUT2D eigenvalue weighted by molar-refractivity contribution is 7.86. The van der Waals surface area contributed by atoms with E-state index in [9.17, 15) is 13.2 Å². The van der Waals surface area contributed by atoms with Gasteiger partial charge in [-0.1, -0.05) is 17.7 Å². The third kappa shape index (κ3) is 5.43. The van der Waals surface area contributed by atoms with Gasteiger partial charge in [0.15, 0.2) is 0 Å². The fourth-order valence-electron chi connectivity index (χ4n) is 2.84. The number of nitrogens with zero attached hydrogens (tertiary/aromatic N) is 2. The van der Waals surface area contributed by atoms with E-state index in [0.717, 1.165) is 5.56 Å². The average Bonchev–Trinajstić information content (AvgIpc) is 2.63. The maximum atomic E-state index is 12.7. The molecule has 1 aromatic rings. The summed E-state index contributed by atoms with van der Waals surface area (Å²) in [5.74, 6) is -0.00446. The van der Waals surface area contributed by atoms with Gasteiger partial charge in [-0.3, -0.25) is 4.79 Å². The summed E-state index contributed by atoms with van der Waals surface area (Å²) in [5, 5.41) is 0. The highest BCUT2D eigenvalue weighted by Crippen LogP contribution is 2.22. The highest BCUT2D eigenvalue weighted by Gasteiger charge is 2.35. The van der Waals surface area contributed by atoms with E-state index < -0.39 is 16.1 Å². The molecule has 0 saturated carbocycles. The number of piperidine rings is 1. The van der Waals surface area contributed by atoms with Crippen LogP contribution in [0.2, 0.25) is 0 Å². The second-order valence-electron chi connectivity index (χ2n) is 6.44. The molecule has 0 bridgehead atoms. The van der Waals surface area contributed by atoms with Crippen LogP contribution in [0.25, 0.3) is 0 Å². The van der Waals surface area contributed by atoms with Gasteiger partial charge in [0.1, 0.15) is 12.4 Å². The Bertz CT molecular complexity index is 690. The lowest BCUT2D eigenvalue weighted by Gasteiger charge is -2.33. The van der Waals surface area contributed by atoms with Crippen molar-refractivity contribution in [2.24, 2.45) is 5.92 Å². The first-order chi connectivity index (χ1) is 12.3. The van der Waals surface area contributed by atoms with Gasteiger partial charge in [-0.2, -0.15) is 17.0 Å². The zero-order valence-corrected chi connectivity index (χ0v) is 16.5. The summed E-state index contributed by atoms with van der Waals surface area (Å²) in [6.07, 6.45) is 1.31. The number of aryl methyl sites for hydroxylation is 1.